The number of anilines is 2. The van der Waals surface area contributed by atoms with E-state index in [1.165, 1.54) is 0 Å². The number of hydrogen-bond donors (Lipinski definition) is 2. The number of urea groups is 1. The minimum atomic E-state index is -0.203. The molecule has 0 saturated carbocycles. The number of aromatic nitrogens is 3. The molecule has 7 heteroatoms. The standard InChI is InChI=1S/C17H24N6O/c1-12-7-13(2)19-16(8-12)21-17(24)20-14-5-4-6-23(10-14)15-9-18-22(3)11-15/h7-9,11,14H,4-6,10H2,1-3H3,(H2,19,20,21,24)/t14-/m0/s1. The van der Waals surface area contributed by atoms with Gasteiger partial charge in [0, 0.05) is 38.1 Å². The van der Waals surface area contributed by atoms with E-state index >= 15 is 0 Å². The first-order valence-electron chi connectivity index (χ1n) is 8.26. The molecule has 1 aliphatic rings. The Kier molecular flexibility index (Phi) is 4.69. The number of carbonyl (C=O) groups excluding carboxylic acids is 1. The van der Waals surface area contributed by atoms with Crippen molar-refractivity contribution in [3.05, 3.63) is 35.8 Å². The van der Waals surface area contributed by atoms with Gasteiger partial charge in [-0.25, -0.2) is 9.78 Å². The molecule has 7 nitrogen and oxygen atoms in total. The van der Waals surface area contributed by atoms with Gasteiger partial charge in [0.2, 0.25) is 0 Å². The van der Waals surface area contributed by atoms with Crippen LogP contribution in [0.4, 0.5) is 16.3 Å². The largest absolute Gasteiger partial charge is 0.367 e. The highest BCUT2D eigenvalue weighted by Crippen LogP contribution is 2.19. The van der Waals surface area contributed by atoms with Crippen LogP contribution >= 0.6 is 0 Å². The molecule has 0 unspecified atom stereocenters. The van der Waals surface area contributed by atoms with Crippen molar-refractivity contribution >= 4 is 17.5 Å². The van der Waals surface area contributed by atoms with Gasteiger partial charge in [0.05, 0.1) is 11.9 Å². The summed E-state index contributed by atoms with van der Waals surface area (Å²) in [6, 6.07) is 3.76. The van der Waals surface area contributed by atoms with Crippen LogP contribution in [0, 0.1) is 13.8 Å². The number of pyridine rings is 1. The first kappa shape index (κ1) is 16.3. The van der Waals surface area contributed by atoms with Gasteiger partial charge in [0.1, 0.15) is 5.82 Å². The minimum absolute atomic E-state index is 0.116. The molecule has 3 heterocycles. The maximum atomic E-state index is 12.3. The summed E-state index contributed by atoms with van der Waals surface area (Å²) >= 11 is 0. The lowest BCUT2D eigenvalue weighted by atomic mass is 10.1. The molecule has 2 aromatic heterocycles. The van der Waals surface area contributed by atoms with E-state index in [4.69, 9.17) is 0 Å². The molecule has 2 amide bonds. The van der Waals surface area contributed by atoms with Crippen LogP contribution in [0.3, 0.4) is 0 Å². The summed E-state index contributed by atoms with van der Waals surface area (Å²) in [7, 11) is 1.91. The highest BCUT2D eigenvalue weighted by molar-refractivity contribution is 5.88. The van der Waals surface area contributed by atoms with Crippen LogP contribution in [-0.2, 0) is 7.05 Å². The van der Waals surface area contributed by atoms with Crippen molar-refractivity contribution in [2.24, 2.45) is 7.05 Å². The summed E-state index contributed by atoms with van der Waals surface area (Å²) in [4.78, 5) is 18.9. The van der Waals surface area contributed by atoms with Gasteiger partial charge in [-0.15, -0.1) is 0 Å². The van der Waals surface area contributed by atoms with Crippen molar-refractivity contribution in [3.8, 4) is 0 Å². The van der Waals surface area contributed by atoms with Crippen LogP contribution in [0.15, 0.2) is 24.5 Å². The Morgan fingerprint density at radius 1 is 1.33 bits per heavy atom. The number of carbonyl (C=O) groups is 1. The van der Waals surface area contributed by atoms with Gasteiger partial charge in [-0.05, 0) is 44.4 Å². The summed E-state index contributed by atoms with van der Waals surface area (Å²) in [6.07, 6.45) is 5.88. The van der Waals surface area contributed by atoms with Crippen LogP contribution in [0.2, 0.25) is 0 Å². The predicted molar refractivity (Wildman–Crippen MR) is 94.3 cm³/mol. The Morgan fingerprint density at radius 2 is 2.17 bits per heavy atom. The monoisotopic (exact) mass is 328 g/mol. The average Bonchev–Trinajstić information content (AvgIpc) is 2.93. The van der Waals surface area contributed by atoms with E-state index in [9.17, 15) is 4.79 Å². The van der Waals surface area contributed by atoms with Gasteiger partial charge in [-0.1, -0.05) is 0 Å². The highest BCUT2D eigenvalue weighted by atomic mass is 16.2. The molecule has 3 rings (SSSR count). The molecule has 1 atom stereocenters. The zero-order valence-electron chi connectivity index (χ0n) is 14.4. The fourth-order valence-electron chi connectivity index (χ4n) is 3.14. The van der Waals surface area contributed by atoms with Crippen LogP contribution in [0.5, 0.6) is 0 Å². The molecular weight excluding hydrogens is 304 g/mol. The summed E-state index contributed by atoms with van der Waals surface area (Å²) in [5.74, 6) is 0.588. The molecule has 1 saturated heterocycles. The third kappa shape index (κ3) is 4.04. The van der Waals surface area contributed by atoms with Crippen molar-refractivity contribution in [2.75, 3.05) is 23.3 Å². The van der Waals surface area contributed by atoms with Crippen molar-refractivity contribution in [2.45, 2.75) is 32.7 Å². The van der Waals surface area contributed by atoms with Crippen molar-refractivity contribution in [1.82, 2.24) is 20.1 Å². The van der Waals surface area contributed by atoms with Crippen molar-refractivity contribution in [1.29, 1.82) is 0 Å². The number of hydrogen-bond acceptors (Lipinski definition) is 4. The van der Waals surface area contributed by atoms with Gasteiger partial charge in [0.25, 0.3) is 0 Å². The third-order valence-electron chi connectivity index (χ3n) is 4.15. The lowest BCUT2D eigenvalue weighted by molar-refractivity contribution is 0.246. The number of aryl methyl sites for hydroxylation is 3. The Balaban J connectivity index is 1.57. The average molecular weight is 328 g/mol. The van der Waals surface area contributed by atoms with Crippen LogP contribution in [0.1, 0.15) is 24.1 Å². The lowest BCUT2D eigenvalue weighted by Gasteiger charge is -2.33. The lowest BCUT2D eigenvalue weighted by Crippen LogP contribution is -2.49. The molecule has 2 aromatic rings. The summed E-state index contributed by atoms with van der Waals surface area (Å²) in [5, 5.41) is 10.1. The highest BCUT2D eigenvalue weighted by Gasteiger charge is 2.22. The van der Waals surface area contributed by atoms with E-state index in [1.54, 1.807) is 4.68 Å². The first-order chi connectivity index (χ1) is 11.5. The summed E-state index contributed by atoms with van der Waals surface area (Å²) in [5.41, 5.74) is 3.07. The second kappa shape index (κ2) is 6.90. The quantitative estimate of drug-likeness (QED) is 0.906. The van der Waals surface area contributed by atoms with Gasteiger partial charge >= 0.3 is 6.03 Å². The van der Waals surface area contributed by atoms with E-state index in [2.05, 4.69) is 25.6 Å². The van der Waals surface area contributed by atoms with Crippen LogP contribution in [0.25, 0.3) is 0 Å². The smallest absolute Gasteiger partial charge is 0.320 e. The zero-order chi connectivity index (χ0) is 17.1. The van der Waals surface area contributed by atoms with Crippen molar-refractivity contribution in [3.63, 3.8) is 0 Å². The number of rotatable bonds is 3. The summed E-state index contributed by atoms with van der Waals surface area (Å²) in [6.45, 7) is 5.69. The summed E-state index contributed by atoms with van der Waals surface area (Å²) < 4.78 is 1.80. The fourth-order valence-corrected chi connectivity index (χ4v) is 3.14. The molecular formula is C17H24N6O. The minimum Gasteiger partial charge on any atom is -0.367 e. The molecule has 0 radical (unpaired) electrons. The maximum absolute atomic E-state index is 12.3. The second-order valence-corrected chi connectivity index (χ2v) is 6.43. The predicted octanol–water partition coefficient (Wildman–Crippen LogP) is 2.22. The van der Waals surface area contributed by atoms with Gasteiger partial charge in [-0.2, -0.15) is 5.10 Å². The van der Waals surface area contributed by atoms with Gasteiger partial charge in [-0.3, -0.25) is 10.00 Å². The zero-order valence-corrected chi connectivity index (χ0v) is 14.4. The molecule has 128 valence electrons. The first-order valence-corrected chi connectivity index (χ1v) is 8.26. The number of piperidine rings is 1. The Hall–Kier alpha value is -2.57. The Labute approximate surface area is 142 Å². The van der Waals surface area contributed by atoms with E-state index in [0.717, 1.165) is 42.9 Å². The van der Waals surface area contributed by atoms with Crippen LogP contribution < -0.4 is 15.5 Å². The van der Waals surface area contributed by atoms with E-state index < -0.39 is 0 Å². The molecule has 0 aliphatic carbocycles. The van der Waals surface area contributed by atoms with E-state index in [1.807, 2.05) is 45.4 Å². The molecule has 0 aromatic carbocycles. The SMILES string of the molecule is Cc1cc(C)nc(NC(=O)N[C@H]2CCCN(c3cnn(C)c3)C2)c1. The van der Waals surface area contributed by atoms with Crippen molar-refractivity contribution < 1.29 is 4.79 Å². The number of nitrogens with zero attached hydrogens (tertiary/aromatic N) is 4. The Bertz CT molecular complexity index is 705. The fraction of sp³-hybridized carbons (Fsp3) is 0.471. The van der Waals surface area contributed by atoms with Crippen LogP contribution in [-0.4, -0.2) is 39.9 Å². The molecule has 2 N–H and O–H groups in total. The third-order valence-corrected chi connectivity index (χ3v) is 4.15. The number of amides is 2. The molecule has 24 heavy (non-hydrogen) atoms. The Morgan fingerprint density at radius 3 is 2.88 bits per heavy atom. The van der Waals surface area contributed by atoms with Gasteiger partial charge < -0.3 is 10.2 Å². The molecule has 0 spiro atoms. The topological polar surface area (TPSA) is 75.1 Å². The molecule has 0 bridgehead atoms. The van der Waals surface area contributed by atoms with Gasteiger partial charge in [0.15, 0.2) is 0 Å². The second-order valence-electron chi connectivity index (χ2n) is 6.43. The molecule has 1 aliphatic heterocycles. The maximum Gasteiger partial charge on any atom is 0.320 e. The molecule has 1 fully saturated rings. The van der Waals surface area contributed by atoms with E-state index in [0.29, 0.717) is 5.82 Å². The normalized spacial score (nSPS) is 17.6. The van der Waals surface area contributed by atoms with E-state index in [-0.39, 0.29) is 12.1 Å². The number of nitrogens with one attached hydrogen (secondary N) is 2.